The van der Waals surface area contributed by atoms with Gasteiger partial charge in [-0.2, -0.15) is 0 Å². The van der Waals surface area contributed by atoms with Crippen LogP contribution in [0.3, 0.4) is 0 Å². The Kier molecular flexibility index (Phi) is 5.15. The van der Waals surface area contributed by atoms with E-state index in [0.717, 1.165) is 12.2 Å². The van der Waals surface area contributed by atoms with Crippen LogP contribution in [0.1, 0.15) is 32.6 Å². The number of fused-ring (bicyclic) bond motifs is 1. The largest absolute Gasteiger partial charge is 0.494 e. The van der Waals surface area contributed by atoms with Crippen molar-refractivity contribution in [3.05, 3.63) is 30.3 Å². The molecule has 0 spiro atoms. The van der Waals surface area contributed by atoms with Crippen LogP contribution < -0.4 is 10.1 Å². The van der Waals surface area contributed by atoms with E-state index in [2.05, 4.69) is 5.32 Å². The summed E-state index contributed by atoms with van der Waals surface area (Å²) in [6.45, 7) is 2.26. The summed E-state index contributed by atoms with van der Waals surface area (Å²) in [5, 5.41) is 11.9. The van der Waals surface area contributed by atoms with Crippen LogP contribution in [0, 0.1) is 5.41 Å². The Hall–Kier alpha value is -2.57. The van der Waals surface area contributed by atoms with Gasteiger partial charge in [-0.25, -0.2) is 4.79 Å². The van der Waals surface area contributed by atoms with Gasteiger partial charge in [-0.15, -0.1) is 0 Å². The zero-order valence-corrected chi connectivity index (χ0v) is 14.8. The summed E-state index contributed by atoms with van der Waals surface area (Å²) in [7, 11) is 0. The summed E-state index contributed by atoms with van der Waals surface area (Å²) in [5.74, 6) is -0.780. The van der Waals surface area contributed by atoms with E-state index < -0.39 is 12.0 Å². The van der Waals surface area contributed by atoms with Crippen LogP contribution >= 0.6 is 0 Å². The molecule has 3 rings (SSSR count). The molecule has 0 unspecified atom stereocenters. The average molecular weight is 360 g/mol. The maximum absolute atomic E-state index is 12.4. The number of hydrogen-bond donors (Lipinski definition) is 2. The molecule has 140 valence electrons. The number of rotatable bonds is 8. The van der Waals surface area contributed by atoms with Gasteiger partial charge in [-0.3, -0.25) is 9.59 Å². The van der Waals surface area contributed by atoms with E-state index in [1.807, 2.05) is 37.3 Å². The number of piperidine rings is 1. The molecule has 0 radical (unpaired) electrons. The predicted molar refractivity (Wildman–Crippen MR) is 93.6 cm³/mol. The summed E-state index contributed by atoms with van der Waals surface area (Å²) in [6.07, 6.45) is 2.12. The first-order chi connectivity index (χ1) is 12.4. The molecular weight excluding hydrogens is 336 g/mol. The molecule has 1 aromatic carbocycles. The minimum Gasteiger partial charge on any atom is -0.494 e. The molecule has 1 saturated carbocycles. The van der Waals surface area contributed by atoms with Crippen molar-refractivity contribution in [1.29, 1.82) is 0 Å². The van der Waals surface area contributed by atoms with E-state index in [1.54, 1.807) is 0 Å². The van der Waals surface area contributed by atoms with Crippen LogP contribution in [-0.4, -0.2) is 53.0 Å². The first-order valence-electron chi connectivity index (χ1n) is 8.89. The normalized spacial score (nSPS) is 26.1. The molecule has 1 saturated heterocycles. The average Bonchev–Trinajstić information content (AvgIpc) is 3.18. The summed E-state index contributed by atoms with van der Waals surface area (Å²) < 4.78 is 5.51. The standard InChI is InChI=1S/C19H24N2O5/c1-19-10-14(18(24)25)21(15(19)11-19)17(23)12-20-16(22)8-5-9-26-13-6-3-2-4-7-13/h2-4,6-7,14-15H,5,8-12H2,1H3,(H,20,22)(H,24,25)/t14-,15-,19+/m0/s1. The van der Waals surface area contributed by atoms with E-state index >= 15 is 0 Å². The van der Waals surface area contributed by atoms with Crippen molar-refractivity contribution in [1.82, 2.24) is 10.2 Å². The molecule has 1 aliphatic carbocycles. The van der Waals surface area contributed by atoms with E-state index in [1.165, 1.54) is 4.90 Å². The lowest BCUT2D eigenvalue weighted by molar-refractivity contribution is -0.149. The number of ether oxygens (including phenoxy) is 1. The van der Waals surface area contributed by atoms with E-state index in [0.29, 0.717) is 19.4 Å². The number of carbonyl (C=O) groups excluding carboxylic acids is 2. The highest BCUT2D eigenvalue weighted by Gasteiger charge is 2.64. The number of amides is 2. The number of carboxylic acid groups (broad SMARTS) is 1. The molecule has 1 heterocycles. The van der Waals surface area contributed by atoms with Crippen molar-refractivity contribution < 1.29 is 24.2 Å². The Morgan fingerprint density at radius 3 is 2.69 bits per heavy atom. The van der Waals surface area contributed by atoms with E-state index in [4.69, 9.17) is 4.74 Å². The smallest absolute Gasteiger partial charge is 0.326 e. The quantitative estimate of drug-likeness (QED) is 0.684. The van der Waals surface area contributed by atoms with Gasteiger partial charge >= 0.3 is 5.97 Å². The minimum absolute atomic E-state index is 0.00715. The predicted octanol–water partition coefficient (Wildman–Crippen LogP) is 1.43. The zero-order chi connectivity index (χ0) is 18.7. The van der Waals surface area contributed by atoms with Crippen molar-refractivity contribution >= 4 is 17.8 Å². The number of aliphatic carboxylic acids is 1. The molecular formula is C19H24N2O5. The molecule has 2 amide bonds. The fraction of sp³-hybridized carbons (Fsp3) is 0.526. The monoisotopic (exact) mass is 360 g/mol. The van der Waals surface area contributed by atoms with Crippen molar-refractivity contribution in [2.45, 2.75) is 44.7 Å². The fourth-order valence-electron chi connectivity index (χ4n) is 3.64. The molecule has 2 N–H and O–H groups in total. The van der Waals surface area contributed by atoms with Gasteiger partial charge in [0, 0.05) is 12.5 Å². The Labute approximate surface area is 152 Å². The van der Waals surface area contributed by atoms with Crippen LogP contribution in [0.25, 0.3) is 0 Å². The van der Waals surface area contributed by atoms with Crippen LogP contribution in [-0.2, 0) is 14.4 Å². The third-order valence-corrected chi connectivity index (χ3v) is 5.21. The second kappa shape index (κ2) is 7.35. The molecule has 26 heavy (non-hydrogen) atoms. The number of para-hydroxylation sites is 1. The number of nitrogens with one attached hydrogen (secondary N) is 1. The van der Waals surface area contributed by atoms with Crippen molar-refractivity contribution in [2.24, 2.45) is 5.41 Å². The van der Waals surface area contributed by atoms with Crippen molar-refractivity contribution in [3.8, 4) is 5.75 Å². The summed E-state index contributed by atoms with van der Waals surface area (Å²) in [4.78, 5) is 37.1. The van der Waals surface area contributed by atoms with Gasteiger partial charge < -0.3 is 20.1 Å². The third-order valence-electron chi connectivity index (χ3n) is 5.21. The highest BCUT2D eigenvalue weighted by molar-refractivity contribution is 5.89. The maximum Gasteiger partial charge on any atom is 0.326 e. The zero-order valence-electron chi connectivity index (χ0n) is 14.8. The summed E-state index contributed by atoms with van der Waals surface area (Å²) >= 11 is 0. The van der Waals surface area contributed by atoms with Crippen molar-refractivity contribution in [2.75, 3.05) is 13.2 Å². The number of nitrogens with zero attached hydrogens (tertiary/aromatic N) is 1. The minimum atomic E-state index is -0.976. The Morgan fingerprint density at radius 2 is 2.00 bits per heavy atom. The van der Waals surface area contributed by atoms with Crippen LogP contribution in [0.15, 0.2) is 30.3 Å². The van der Waals surface area contributed by atoms with E-state index in [-0.39, 0.29) is 36.2 Å². The molecule has 1 aromatic rings. The summed E-state index contributed by atoms with van der Waals surface area (Å²) in [6, 6.07) is 8.56. The lowest BCUT2D eigenvalue weighted by Crippen LogP contribution is -2.47. The Morgan fingerprint density at radius 1 is 1.27 bits per heavy atom. The molecule has 1 aliphatic heterocycles. The second-order valence-corrected chi connectivity index (χ2v) is 7.27. The van der Waals surface area contributed by atoms with Gasteiger partial charge in [0.05, 0.1) is 13.2 Å². The van der Waals surface area contributed by atoms with Gasteiger partial charge in [-0.1, -0.05) is 25.1 Å². The van der Waals surface area contributed by atoms with Crippen LogP contribution in [0.5, 0.6) is 5.75 Å². The lowest BCUT2D eigenvalue weighted by atomic mass is 10.0. The molecule has 7 nitrogen and oxygen atoms in total. The van der Waals surface area contributed by atoms with Gasteiger partial charge in [0.15, 0.2) is 0 Å². The van der Waals surface area contributed by atoms with Crippen LogP contribution in [0.4, 0.5) is 0 Å². The van der Waals surface area contributed by atoms with Crippen molar-refractivity contribution in [3.63, 3.8) is 0 Å². The number of benzene rings is 1. The Bertz CT molecular complexity index is 692. The fourth-order valence-corrected chi connectivity index (χ4v) is 3.64. The highest BCUT2D eigenvalue weighted by atomic mass is 16.5. The van der Waals surface area contributed by atoms with Gasteiger partial charge in [-0.05, 0) is 36.8 Å². The SMILES string of the molecule is C[C@@]12C[C@@H]1N(C(=O)CNC(=O)CCCOc1ccccc1)[C@H](C(=O)O)C2. The summed E-state index contributed by atoms with van der Waals surface area (Å²) in [5.41, 5.74) is -0.0719. The maximum atomic E-state index is 12.4. The first-order valence-corrected chi connectivity index (χ1v) is 8.89. The van der Waals surface area contributed by atoms with E-state index in [9.17, 15) is 19.5 Å². The number of hydrogen-bond acceptors (Lipinski definition) is 4. The topological polar surface area (TPSA) is 95.9 Å². The van der Waals surface area contributed by atoms with Gasteiger partial charge in [0.25, 0.3) is 0 Å². The number of carbonyl (C=O) groups is 3. The van der Waals surface area contributed by atoms with Gasteiger partial charge in [0.1, 0.15) is 11.8 Å². The molecule has 3 atom stereocenters. The number of carboxylic acids is 1. The second-order valence-electron chi connectivity index (χ2n) is 7.27. The molecule has 7 heteroatoms. The third kappa shape index (κ3) is 3.98. The molecule has 0 aromatic heterocycles. The molecule has 0 bridgehead atoms. The van der Waals surface area contributed by atoms with Crippen LogP contribution in [0.2, 0.25) is 0 Å². The Balaban J connectivity index is 1.37. The number of likely N-dealkylation sites (tertiary alicyclic amines) is 1. The highest BCUT2D eigenvalue weighted by Crippen LogP contribution is 2.59. The first kappa shape index (κ1) is 18.2. The van der Waals surface area contributed by atoms with Gasteiger partial charge in [0.2, 0.25) is 11.8 Å². The molecule has 2 fully saturated rings. The lowest BCUT2D eigenvalue weighted by Gasteiger charge is -2.24. The molecule has 2 aliphatic rings.